The molecule has 0 radical (unpaired) electrons. The van der Waals surface area contributed by atoms with Crippen LogP contribution in [0.4, 0.5) is 5.69 Å². The van der Waals surface area contributed by atoms with Crippen LogP contribution in [0.1, 0.15) is 35.5 Å². The maximum Gasteiger partial charge on any atom is 0.276 e. The molecule has 1 saturated heterocycles. The number of thioether (sulfide) groups is 1. The topological polar surface area (TPSA) is 93.8 Å². The van der Waals surface area contributed by atoms with Crippen molar-refractivity contribution in [3.05, 3.63) is 126 Å². The number of aromatic nitrogens is 1. The molecule has 1 aromatic heterocycles. The first kappa shape index (κ1) is 32.6. The molecule has 1 amide bonds. The van der Waals surface area contributed by atoms with Gasteiger partial charge in [-0.05, 0) is 23.3 Å². The van der Waals surface area contributed by atoms with E-state index in [9.17, 15) is 9.90 Å². The minimum atomic E-state index is -2.11. The molecular weight excluding hydrogens is 667 g/mol. The largest absolute Gasteiger partial charge is 0.431 e. The van der Waals surface area contributed by atoms with Crippen LogP contribution in [0.3, 0.4) is 0 Å². The summed E-state index contributed by atoms with van der Waals surface area (Å²) in [6.45, 7) is -0.0460. The van der Waals surface area contributed by atoms with Gasteiger partial charge in [0, 0.05) is 34.6 Å². The Hall–Kier alpha value is -3.34. The van der Waals surface area contributed by atoms with Crippen LogP contribution in [0.15, 0.2) is 119 Å². The number of carbonyl (C=O) groups is 1. The summed E-state index contributed by atoms with van der Waals surface area (Å²) in [6.07, 6.45) is -0.738. The fraction of sp³-hybridized carbons (Fsp3) is 0.200. The predicted molar refractivity (Wildman–Crippen MR) is 182 cm³/mol. The van der Waals surface area contributed by atoms with Gasteiger partial charge in [-0.1, -0.05) is 144 Å². The van der Waals surface area contributed by atoms with Crippen LogP contribution in [-0.4, -0.2) is 31.6 Å². The van der Waals surface area contributed by atoms with Gasteiger partial charge in [-0.15, -0.1) is 0 Å². The SMILES string of the molecule is O=C(Nc1cccc([C@H]2O[C@@H](CSc3nc(-c4ccccc4)c(-c4ccccc4)o3)C[C@@H](c3ccc(CO)cc3)O2)c1)C(Cl)(Cl)Cl. The number of hydrogen-bond donors (Lipinski definition) is 2. The molecule has 2 heterocycles. The molecule has 1 fully saturated rings. The molecule has 7 nitrogen and oxygen atoms in total. The van der Waals surface area contributed by atoms with Crippen LogP contribution in [-0.2, 0) is 20.9 Å². The van der Waals surface area contributed by atoms with Crippen molar-refractivity contribution in [1.29, 1.82) is 0 Å². The smallest absolute Gasteiger partial charge is 0.276 e. The lowest BCUT2D eigenvalue weighted by Gasteiger charge is -2.36. The molecule has 236 valence electrons. The molecule has 1 aliphatic heterocycles. The second-order valence-corrected chi connectivity index (χ2v) is 13.9. The number of amides is 1. The summed E-state index contributed by atoms with van der Waals surface area (Å²) in [4.78, 5) is 17.2. The van der Waals surface area contributed by atoms with E-state index in [4.69, 9.17) is 53.7 Å². The number of anilines is 1. The molecule has 5 aromatic rings. The van der Waals surface area contributed by atoms with Crippen molar-refractivity contribution in [2.75, 3.05) is 11.1 Å². The number of hydrogen-bond acceptors (Lipinski definition) is 7. The molecule has 0 aliphatic carbocycles. The van der Waals surface area contributed by atoms with Crippen LogP contribution >= 0.6 is 46.6 Å². The van der Waals surface area contributed by atoms with Crippen molar-refractivity contribution in [3.63, 3.8) is 0 Å². The minimum absolute atomic E-state index is 0.0460. The van der Waals surface area contributed by atoms with E-state index in [1.807, 2.05) is 91.0 Å². The van der Waals surface area contributed by atoms with Crippen molar-refractivity contribution in [2.24, 2.45) is 0 Å². The lowest BCUT2D eigenvalue weighted by molar-refractivity contribution is -0.245. The highest BCUT2D eigenvalue weighted by atomic mass is 35.6. The number of ether oxygens (including phenoxy) is 2. The Bertz CT molecular complexity index is 1710. The van der Waals surface area contributed by atoms with E-state index in [1.54, 1.807) is 18.2 Å². The second kappa shape index (κ2) is 14.6. The van der Waals surface area contributed by atoms with Crippen LogP contribution in [0.5, 0.6) is 0 Å². The third-order valence-corrected chi connectivity index (χ3v) is 8.85. The maximum absolute atomic E-state index is 12.3. The molecule has 4 aromatic carbocycles. The van der Waals surface area contributed by atoms with Crippen molar-refractivity contribution >= 4 is 58.2 Å². The number of nitrogens with zero attached hydrogens (tertiary/aromatic N) is 1. The van der Waals surface area contributed by atoms with E-state index < -0.39 is 16.0 Å². The standard InChI is InChI=1S/C35H29Cl3N2O5S/c36-35(37,38)33(42)39-27-13-7-12-26(18-27)32-43-28(19-29(44-32)23-16-14-22(20-41)15-17-23)21-46-34-40-30(24-8-3-1-4-9-24)31(45-34)25-10-5-2-6-11-25/h1-18,28-29,32,41H,19-21H2,(H,39,42)/t28-,29+,32+/m1/s1. The lowest BCUT2D eigenvalue weighted by atomic mass is 10.0. The van der Waals surface area contributed by atoms with Gasteiger partial charge in [0.25, 0.3) is 14.9 Å². The molecule has 0 saturated carbocycles. The van der Waals surface area contributed by atoms with Crippen LogP contribution < -0.4 is 5.32 Å². The predicted octanol–water partition coefficient (Wildman–Crippen LogP) is 9.15. The molecule has 11 heteroatoms. The number of oxazole rings is 1. The van der Waals surface area contributed by atoms with E-state index in [-0.39, 0.29) is 18.8 Å². The molecule has 1 aliphatic rings. The van der Waals surface area contributed by atoms with Gasteiger partial charge in [0.1, 0.15) is 5.69 Å². The number of carbonyl (C=O) groups excluding carboxylic acids is 1. The third kappa shape index (κ3) is 7.96. The van der Waals surface area contributed by atoms with Crippen molar-refractivity contribution in [3.8, 4) is 22.6 Å². The highest BCUT2D eigenvalue weighted by Gasteiger charge is 2.34. The summed E-state index contributed by atoms with van der Waals surface area (Å²) in [5.41, 5.74) is 5.56. The maximum atomic E-state index is 12.3. The van der Waals surface area contributed by atoms with E-state index in [1.165, 1.54) is 11.8 Å². The fourth-order valence-corrected chi connectivity index (χ4v) is 6.07. The van der Waals surface area contributed by atoms with Crippen LogP contribution in [0.2, 0.25) is 0 Å². The van der Waals surface area contributed by atoms with Crippen LogP contribution in [0.25, 0.3) is 22.6 Å². The average Bonchev–Trinajstić information content (AvgIpc) is 3.52. The quantitative estimate of drug-likeness (QED) is 0.117. The molecular formula is C35H29Cl3N2O5S. The Kier molecular flexibility index (Phi) is 10.4. The van der Waals surface area contributed by atoms with Gasteiger partial charge >= 0.3 is 0 Å². The summed E-state index contributed by atoms with van der Waals surface area (Å²) < 4.78 is 17.2. The number of nitrogens with one attached hydrogen (secondary N) is 1. The molecule has 0 spiro atoms. The number of rotatable bonds is 9. The summed E-state index contributed by atoms with van der Waals surface area (Å²) in [5, 5.41) is 12.7. The highest BCUT2D eigenvalue weighted by Crippen LogP contribution is 2.41. The molecule has 2 N–H and O–H groups in total. The monoisotopic (exact) mass is 694 g/mol. The molecule has 46 heavy (non-hydrogen) atoms. The van der Waals surface area contributed by atoms with E-state index in [0.29, 0.717) is 34.4 Å². The van der Waals surface area contributed by atoms with Gasteiger partial charge in [0.2, 0.25) is 0 Å². The van der Waals surface area contributed by atoms with E-state index in [2.05, 4.69) is 5.32 Å². The van der Waals surface area contributed by atoms with Gasteiger partial charge in [-0.25, -0.2) is 4.98 Å². The van der Waals surface area contributed by atoms with Gasteiger partial charge in [-0.2, -0.15) is 0 Å². The summed E-state index contributed by atoms with van der Waals surface area (Å²) in [7, 11) is 0. The van der Waals surface area contributed by atoms with Crippen molar-refractivity contribution in [1.82, 2.24) is 4.98 Å². The van der Waals surface area contributed by atoms with Crippen molar-refractivity contribution < 1.29 is 23.8 Å². The van der Waals surface area contributed by atoms with Gasteiger partial charge < -0.3 is 24.3 Å². The van der Waals surface area contributed by atoms with E-state index >= 15 is 0 Å². The molecule has 0 bridgehead atoms. The fourth-order valence-electron chi connectivity index (χ4n) is 5.09. The first-order chi connectivity index (χ1) is 22.3. The number of benzene rings is 4. The number of halogens is 3. The van der Waals surface area contributed by atoms with E-state index in [0.717, 1.165) is 27.9 Å². The minimum Gasteiger partial charge on any atom is -0.431 e. The Morgan fingerprint density at radius 3 is 2.24 bits per heavy atom. The third-order valence-electron chi connectivity index (χ3n) is 7.37. The van der Waals surface area contributed by atoms with Crippen LogP contribution in [0, 0.1) is 0 Å². The van der Waals surface area contributed by atoms with Gasteiger partial charge in [-0.3, -0.25) is 4.79 Å². The Labute approximate surface area is 285 Å². The zero-order valence-electron chi connectivity index (χ0n) is 24.3. The number of alkyl halides is 3. The highest BCUT2D eigenvalue weighted by molar-refractivity contribution is 7.99. The molecule has 6 rings (SSSR count). The Morgan fingerprint density at radius 1 is 0.870 bits per heavy atom. The van der Waals surface area contributed by atoms with Gasteiger partial charge in [0.15, 0.2) is 12.1 Å². The Morgan fingerprint density at radius 2 is 1.57 bits per heavy atom. The zero-order chi connectivity index (χ0) is 32.1. The first-order valence-electron chi connectivity index (χ1n) is 14.5. The summed E-state index contributed by atoms with van der Waals surface area (Å²) in [6, 6.07) is 34.6. The summed E-state index contributed by atoms with van der Waals surface area (Å²) in [5.74, 6) is 0.472. The molecule has 0 unspecified atom stereocenters. The molecule has 3 atom stereocenters. The first-order valence-corrected chi connectivity index (χ1v) is 16.6. The lowest BCUT2D eigenvalue weighted by Crippen LogP contribution is -2.31. The second-order valence-electron chi connectivity index (χ2n) is 10.6. The average molecular weight is 696 g/mol. The van der Waals surface area contributed by atoms with Crippen molar-refractivity contribution in [2.45, 2.75) is 40.5 Å². The number of aliphatic hydroxyl groups is 1. The number of aliphatic hydroxyl groups excluding tert-OH is 1. The summed E-state index contributed by atoms with van der Waals surface area (Å²) >= 11 is 18.7. The normalized spacial score (nSPS) is 18.3. The Balaban J connectivity index is 1.25. The zero-order valence-corrected chi connectivity index (χ0v) is 27.4. The van der Waals surface area contributed by atoms with Gasteiger partial charge in [0.05, 0.1) is 18.8 Å².